The van der Waals surface area contributed by atoms with Crippen LogP contribution in [-0.4, -0.2) is 35.8 Å². The fraction of sp³-hybridized carbons (Fsp3) is 0.846. The van der Waals surface area contributed by atoms with Crippen LogP contribution < -0.4 is 5.32 Å². The lowest BCUT2D eigenvalue weighted by Gasteiger charge is -2.30. The van der Waals surface area contributed by atoms with Gasteiger partial charge in [-0.05, 0) is 24.2 Å². The minimum atomic E-state index is -0.257. The highest BCUT2D eigenvalue weighted by Gasteiger charge is 2.41. The van der Waals surface area contributed by atoms with Gasteiger partial charge in [-0.1, -0.05) is 20.8 Å². The molecule has 1 saturated heterocycles. The Bertz CT molecular complexity index is 329. The molecule has 0 aromatic carbocycles. The molecule has 1 aliphatic carbocycles. The first-order chi connectivity index (χ1) is 7.87. The van der Waals surface area contributed by atoms with Gasteiger partial charge in [0.2, 0.25) is 11.8 Å². The Morgan fingerprint density at radius 3 is 2.47 bits per heavy atom. The second kappa shape index (κ2) is 4.31. The van der Waals surface area contributed by atoms with E-state index in [1.165, 1.54) is 0 Å². The first-order valence-electron chi connectivity index (χ1n) is 6.45. The lowest BCUT2D eigenvalue weighted by Crippen LogP contribution is -2.48. The van der Waals surface area contributed by atoms with E-state index in [0.29, 0.717) is 18.9 Å². The van der Waals surface area contributed by atoms with Crippen molar-refractivity contribution in [2.75, 3.05) is 13.1 Å². The maximum absolute atomic E-state index is 12.4. The Labute approximate surface area is 103 Å². The number of nitrogens with zero attached hydrogens (tertiary/aromatic N) is 1. The summed E-state index contributed by atoms with van der Waals surface area (Å²) in [6, 6.07) is -0.257. The highest BCUT2D eigenvalue weighted by atomic mass is 16.2. The first kappa shape index (κ1) is 12.4. The summed E-state index contributed by atoms with van der Waals surface area (Å²) in [5.74, 6) is 0.520. The van der Waals surface area contributed by atoms with Crippen LogP contribution in [0.25, 0.3) is 0 Å². The third-order valence-corrected chi connectivity index (χ3v) is 3.26. The summed E-state index contributed by atoms with van der Waals surface area (Å²) >= 11 is 0. The summed E-state index contributed by atoms with van der Waals surface area (Å²) in [5, 5.41) is 2.88. The van der Waals surface area contributed by atoms with Crippen LogP contribution in [0.4, 0.5) is 0 Å². The summed E-state index contributed by atoms with van der Waals surface area (Å²) in [6.45, 7) is 7.64. The predicted octanol–water partition coefficient (Wildman–Crippen LogP) is 1.16. The minimum Gasteiger partial charge on any atom is -0.344 e. The van der Waals surface area contributed by atoms with Gasteiger partial charge in [-0.25, -0.2) is 0 Å². The zero-order valence-electron chi connectivity index (χ0n) is 11.0. The maximum atomic E-state index is 12.4. The Morgan fingerprint density at radius 2 is 1.94 bits per heavy atom. The van der Waals surface area contributed by atoms with Crippen molar-refractivity contribution in [1.29, 1.82) is 0 Å². The zero-order valence-corrected chi connectivity index (χ0v) is 11.0. The SMILES string of the molecule is CC(C)(C)CN1CCC(=O)NC(C2CC2)C1=O. The van der Waals surface area contributed by atoms with E-state index >= 15 is 0 Å². The molecule has 0 spiro atoms. The number of nitrogens with one attached hydrogen (secondary N) is 1. The second-order valence-corrected chi connectivity index (χ2v) is 6.45. The fourth-order valence-electron chi connectivity index (χ4n) is 2.33. The second-order valence-electron chi connectivity index (χ2n) is 6.45. The number of amides is 2. The molecule has 0 radical (unpaired) electrons. The van der Waals surface area contributed by atoms with Crippen molar-refractivity contribution in [3.05, 3.63) is 0 Å². The molecule has 1 aliphatic heterocycles. The van der Waals surface area contributed by atoms with Crippen LogP contribution in [0.1, 0.15) is 40.0 Å². The van der Waals surface area contributed by atoms with Gasteiger partial charge in [0.15, 0.2) is 0 Å². The monoisotopic (exact) mass is 238 g/mol. The standard InChI is InChI=1S/C13H22N2O2/c1-13(2,3)8-15-7-6-10(16)14-11(12(15)17)9-4-5-9/h9,11H,4-8H2,1-3H3,(H,14,16). The Balaban J connectivity index is 2.09. The van der Waals surface area contributed by atoms with Crippen LogP contribution in [0.15, 0.2) is 0 Å². The molecule has 1 heterocycles. The molecule has 17 heavy (non-hydrogen) atoms. The van der Waals surface area contributed by atoms with E-state index in [2.05, 4.69) is 26.1 Å². The summed E-state index contributed by atoms with van der Waals surface area (Å²) in [7, 11) is 0. The predicted molar refractivity (Wildman–Crippen MR) is 65.3 cm³/mol. The van der Waals surface area contributed by atoms with E-state index < -0.39 is 0 Å². The average molecular weight is 238 g/mol. The molecule has 1 unspecified atom stereocenters. The van der Waals surface area contributed by atoms with Gasteiger partial charge in [0.1, 0.15) is 6.04 Å². The Kier molecular flexibility index (Phi) is 3.15. The maximum Gasteiger partial charge on any atom is 0.245 e. The summed E-state index contributed by atoms with van der Waals surface area (Å²) in [6.07, 6.45) is 2.57. The normalized spacial score (nSPS) is 26.8. The van der Waals surface area contributed by atoms with Gasteiger partial charge in [-0.15, -0.1) is 0 Å². The third kappa shape index (κ3) is 3.20. The molecule has 2 amide bonds. The van der Waals surface area contributed by atoms with Gasteiger partial charge in [0, 0.05) is 19.5 Å². The van der Waals surface area contributed by atoms with Crippen molar-refractivity contribution >= 4 is 11.8 Å². The molecular weight excluding hydrogens is 216 g/mol. The third-order valence-electron chi connectivity index (χ3n) is 3.26. The van der Waals surface area contributed by atoms with E-state index in [1.807, 2.05) is 4.90 Å². The molecule has 0 aromatic rings. The largest absolute Gasteiger partial charge is 0.344 e. The molecule has 4 nitrogen and oxygen atoms in total. The topological polar surface area (TPSA) is 49.4 Å². The summed E-state index contributed by atoms with van der Waals surface area (Å²) in [5.41, 5.74) is 0.0805. The number of carbonyl (C=O) groups excluding carboxylic acids is 2. The van der Waals surface area contributed by atoms with E-state index in [-0.39, 0.29) is 23.3 Å². The van der Waals surface area contributed by atoms with Gasteiger partial charge in [-0.2, -0.15) is 0 Å². The molecule has 1 atom stereocenters. The highest BCUT2D eigenvalue weighted by Crippen LogP contribution is 2.34. The highest BCUT2D eigenvalue weighted by molar-refractivity contribution is 5.90. The fourth-order valence-corrected chi connectivity index (χ4v) is 2.33. The molecule has 2 aliphatic rings. The molecular formula is C13H22N2O2. The van der Waals surface area contributed by atoms with E-state index in [9.17, 15) is 9.59 Å². The smallest absolute Gasteiger partial charge is 0.245 e. The van der Waals surface area contributed by atoms with E-state index in [4.69, 9.17) is 0 Å². The van der Waals surface area contributed by atoms with Crippen LogP contribution in [-0.2, 0) is 9.59 Å². The number of hydrogen-bond acceptors (Lipinski definition) is 2. The number of hydrogen-bond donors (Lipinski definition) is 1. The van der Waals surface area contributed by atoms with Crippen LogP contribution in [0.3, 0.4) is 0 Å². The number of rotatable bonds is 2. The molecule has 0 aromatic heterocycles. The zero-order chi connectivity index (χ0) is 12.6. The molecule has 0 bridgehead atoms. The van der Waals surface area contributed by atoms with Gasteiger partial charge < -0.3 is 10.2 Å². The van der Waals surface area contributed by atoms with E-state index in [1.54, 1.807) is 0 Å². The van der Waals surface area contributed by atoms with E-state index in [0.717, 1.165) is 19.4 Å². The summed E-state index contributed by atoms with van der Waals surface area (Å²) < 4.78 is 0. The van der Waals surface area contributed by atoms with Crippen molar-refractivity contribution in [1.82, 2.24) is 10.2 Å². The van der Waals surface area contributed by atoms with Crippen LogP contribution in [0.2, 0.25) is 0 Å². The van der Waals surface area contributed by atoms with Crippen molar-refractivity contribution in [2.45, 2.75) is 46.1 Å². The Hall–Kier alpha value is -1.06. The van der Waals surface area contributed by atoms with Crippen molar-refractivity contribution in [2.24, 2.45) is 11.3 Å². The van der Waals surface area contributed by atoms with Crippen molar-refractivity contribution in [3.8, 4) is 0 Å². The first-order valence-corrected chi connectivity index (χ1v) is 6.45. The summed E-state index contributed by atoms with van der Waals surface area (Å²) in [4.78, 5) is 25.8. The molecule has 1 saturated carbocycles. The molecule has 4 heteroatoms. The van der Waals surface area contributed by atoms with Gasteiger partial charge in [-0.3, -0.25) is 9.59 Å². The molecule has 1 N–H and O–H groups in total. The quantitative estimate of drug-likeness (QED) is 0.785. The van der Waals surface area contributed by atoms with Gasteiger partial charge in [0.05, 0.1) is 0 Å². The molecule has 2 rings (SSSR count). The molecule has 96 valence electrons. The van der Waals surface area contributed by atoms with Crippen LogP contribution in [0, 0.1) is 11.3 Å². The van der Waals surface area contributed by atoms with Crippen molar-refractivity contribution in [3.63, 3.8) is 0 Å². The van der Waals surface area contributed by atoms with Gasteiger partial charge in [0.25, 0.3) is 0 Å². The minimum absolute atomic E-state index is 0.0201. The Morgan fingerprint density at radius 1 is 1.29 bits per heavy atom. The van der Waals surface area contributed by atoms with Crippen molar-refractivity contribution < 1.29 is 9.59 Å². The van der Waals surface area contributed by atoms with Crippen LogP contribution >= 0.6 is 0 Å². The average Bonchev–Trinajstić information content (AvgIpc) is 3.00. The lowest BCUT2D eigenvalue weighted by molar-refractivity contribution is -0.135. The number of carbonyl (C=O) groups is 2. The molecule has 2 fully saturated rings. The van der Waals surface area contributed by atoms with Gasteiger partial charge >= 0.3 is 0 Å². The lowest BCUT2D eigenvalue weighted by atomic mass is 9.95. The van der Waals surface area contributed by atoms with Crippen LogP contribution in [0.5, 0.6) is 0 Å².